The van der Waals surface area contributed by atoms with Gasteiger partial charge in [-0.3, -0.25) is 4.99 Å². The summed E-state index contributed by atoms with van der Waals surface area (Å²) in [6.07, 6.45) is 2.19. The van der Waals surface area contributed by atoms with E-state index in [4.69, 9.17) is 4.99 Å². The van der Waals surface area contributed by atoms with Gasteiger partial charge in [-0.25, -0.2) is 0 Å². The summed E-state index contributed by atoms with van der Waals surface area (Å²) >= 11 is 5.72. The summed E-state index contributed by atoms with van der Waals surface area (Å²) in [5, 5.41) is 7.46. The van der Waals surface area contributed by atoms with Gasteiger partial charge >= 0.3 is 0 Å². The molecule has 25 heavy (non-hydrogen) atoms. The molecular formula is C20H22BrN3S. The maximum absolute atomic E-state index is 5.02. The second kappa shape index (κ2) is 7.04. The molecule has 1 saturated heterocycles. The first-order chi connectivity index (χ1) is 12.2. The molecule has 0 aromatic heterocycles. The van der Waals surface area contributed by atoms with Crippen LogP contribution in [0.5, 0.6) is 0 Å². The maximum Gasteiger partial charge on any atom is 0.127 e. The average molecular weight is 416 g/mol. The fourth-order valence-corrected chi connectivity index (χ4v) is 5.21. The molecule has 3 nitrogen and oxygen atoms in total. The highest BCUT2D eigenvalue weighted by molar-refractivity contribution is 9.10. The number of hydrogen-bond donors (Lipinski definition) is 2. The molecule has 4 rings (SSSR count). The molecule has 2 N–H and O–H groups in total. The van der Waals surface area contributed by atoms with Crippen LogP contribution in [0.3, 0.4) is 0 Å². The molecule has 2 aliphatic rings. The fourth-order valence-electron chi connectivity index (χ4n) is 3.55. The van der Waals surface area contributed by atoms with Crippen molar-refractivity contribution >= 4 is 44.9 Å². The largest absolute Gasteiger partial charge is 0.370 e. The number of para-hydroxylation sites is 1. The molecule has 1 fully saturated rings. The molecule has 0 amide bonds. The van der Waals surface area contributed by atoms with Gasteiger partial charge in [-0.2, -0.15) is 11.8 Å². The Morgan fingerprint density at radius 3 is 2.76 bits per heavy atom. The highest BCUT2D eigenvalue weighted by Gasteiger charge is 2.41. The molecule has 130 valence electrons. The van der Waals surface area contributed by atoms with E-state index in [1.54, 1.807) is 0 Å². The van der Waals surface area contributed by atoms with Gasteiger partial charge in [0.15, 0.2) is 0 Å². The molecule has 2 aromatic carbocycles. The number of nitrogens with one attached hydrogen (secondary N) is 2. The third-order valence-electron chi connectivity index (χ3n) is 4.93. The van der Waals surface area contributed by atoms with Crippen LogP contribution in [-0.4, -0.2) is 22.9 Å². The second-order valence-electron chi connectivity index (χ2n) is 6.76. The number of rotatable bonds is 2. The molecule has 0 unspecified atom stereocenters. The van der Waals surface area contributed by atoms with E-state index in [0.29, 0.717) is 6.54 Å². The van der Waals surface area contributed by atoms with E-state index in [1.165, 1.54) is 11.1 Å². The first-order valence-electron chi connectivity index (χ1n) is 8.68. The Labute approximate surface area is 161 Å². The van der Waals surface area contributed by atoms with E-state index in [9.17, 15) is 0 Å². The van der Waals surface area contributed by atoms with Crippen LogP contribution in [0.25, 0.3) is 0 Å². The normalized spacial score (nSPS) is 20.0. The number of hydrogen-bond acceptors (Lipinski definition) is 3. The summed E-state index contributed by atoms with van der Waals surface area (Å²) in [5.41, 5.74) is 4.72. The van der Waals surface area contributed by atoms with Gasteiger partial charge in [0.05, 0.1) is 23.5 Å². The number of aryl methyl sites for hydroxylation is 1. The summed E-state index contributed by atoms with van der Waals surface area (Å²) in [4.78, 5) is 5.02. The van der Waals surface area contributed by atoms with Crippen LogP contribution >= 0.6 is 27.7 Å². The molecular weight excluding hydrogens is 394 g/mol. The van der Waals surface area contributed by atoms with Gasteiger partial charge in [0.25, 0.3) is 0 Å². The zero-order chi connectivity index (χ0) is 17.3. The molecule has 2 aliphatic heterocycles. The molecule has 0 bridgehead atoms. The van der Waals surface area contributed by atoms with Crippen LogP contribution in [0.15, 0.2) is 51.9 Å². The third-order valence-corrected chi connectivity index (χ3v) is 6.58. The SMILES string of the molecule is Cc1cccc(CN=C2Nc3cccc(Br)c3NC23CCSCC3)c1. The van der Waals surface area contributed by atoms with Crippen molar-refractivity contribution in [3.8, 4) is 0 Å². The molecule has 2 heterocycles. The lowest BCUT2D eigenvalue weighted by molar-refractivity contribution is 0.559. The third kappa shape index (κ3) is 3.44. The van der Waals surface area contributed by atoms with Crippen LogP contribution < -0.4 is 10.6 Å². The van der Waals surface area contributed by atoms with Crippen molar-refractivity contribution in [3.05, 3.63) is 58.1 Å². The number of nitrogens with zero attached hydrogens (tertiary/aromatic N) is 1. The Hall–Kier alpha value is -1.46. The van der Waals surface area contributed by atoms with Gasteiger partial charge in [-0.05, 0) is 64.9 Å². The monoisotopic (exact) mass is 415 g/mol. The van der Waals surface area contributed by atoms with E-state index in [1.807, 2.05) is 11.8 Å². The van der Waals surface area contributed by atoms with Crippen LogP contribution in [0.1, 0.15) is 24.0 Å². The van der Waals surface area contributed by atoms with Gasteiger partial charge in [0.2, 0.25) is 0 Å². The molecule has 0 aliphatic carbocycles. The van der Waals surface area contributed by atoms with E-state index in [-0.39, 0.29) is 5.54 Å². The zero-order valence-corrected chi connectivity index (χ0v) is 16.7. The molecule has 0 saturated carbocycles. The molecule has 0 atom stereocenters. The lowest BCUT2D eigenvalue weighted by Crippen LogP contribution is -2.54. The van der Waals surface area contributed by atoms with Crippen LogP contribution in [-0.2, 0) is 6.54 Å². The van der Waals surface area contributed by atoms with Gasteiger partial charge in [-0.15, -0.1) is 0 Å². The van der Waals surface area contributed by atoms with Crippen molar-refractivity contribution in [2.75, 3.05) is 22.1 Å². The van der Waals surface area contributed by atoms with Crippen molar-refractivity contribution in [3.63, 3.8) is 0 Å². The molecule has 1 spiro atoms. The Balaban J connectivity index is 1.69. The van der Waals surface area contributed by atoms with Crippen molar-refractivity contribution < 1.29 is 0 Å². The van der Waals surface area contributed by atoms with Gasteiger partial charge in [-0.1, -0.05) is 35.9 Å². The highest BCUT2D eigenvalue weighted by atomic mass is 79.9. The van der Waals surface area contributed by atoms with E-state index < -0.39 is 0 Å². The number of thioether (sulfide) groups is 1. The zero-order valence-electron chi connectivity index (χ0n) is 14.3. The molecule has 5 heteroatoms. The number of anilines is 2. The first kappa shape index (κ1) is 17.0. The standard InChI is InChI=1S/C20H22BrN3S/c1-14-4-2-5-15(12-14)13-22-19-20(8-10-25-11-9-20)24-18-16(21)6-3-7-17(18)23-19/h2-7,12,24H,8-11,13H2,1H3,(H,22,23). The minimum Gasteiger partial charge on any atom is -0.370 e. The predicted octanol–water partition coefficient (Wildman–Crippen LogP) is 5.46. The number of fused-ring (bicyclic) bond motifs is 1. The number of amidine groups is 1. The minimum atomic E-state index is -0.0774. The van der Waals surface area contributed by atoms with Crippen molar-refractivity contribution in [1.29, 1.82) is 0 Å². The van der Waals surface area contributed by atoms with E-state index in [0.717, 1.165) is 46.0 Å². The summed E-state index contributed by atoms with van der Waals surface area (Å²) < 4.78 is 1.10. The Morgan fingerprint density at radius 2 is 1.96 bits per heavy atom. The Bertz CT molecular complexity index is 812. The van der Waals surface area contributed by atoms with E-state index in [2.05, 4.69) is 76.0 Å². The van der Waals surface area contributed by atoms with Gasteiger partial charge in [0.1, 0.15) is 5.84 Å². The predicted molar refractivity (Wildman–Crippen MR) is 113 cm³/mol. The van der Waals surface area contributed by atoms with Crippen LogP contribution in [0.2, 0.25) is 0 Å². The van der Waals surface area contributed by atoms with Gasteiger partial charge in [0, 0.05) is 4.47 Å². The average Bonchev–Trinajstić information content (AvgIpc) is 2.62. The van der Waals surface area contributed by atoms with E-state index >= 15 is 0 Å². The highest BCUT2D eigenvalue weighted by Crippen LogP contribution is 2.42. The molecule has 2 aromatic rings. The first-order valence-corrected chi connectivity index (χ1v) is 10.6. The summed E-state index contributed by atoms with van der Waals surface area (Å²) in [7, 11) is 0. The second-order valence-corrected chi connectivity index (χ2v) is 8.84. The summed E-state index contributed by atoms with van der Waals surface area (Å²) in [6, 6.07) is 14.9. The maximum atomic E-state index is 5.02. The lowest BCUT2D eigenvalue weighted by atomic mass is 9.87. The van der Waals surface area contributed by atoms with Crippen LogP contribution in [0, 0.1) is 6.92 Å². The van der Waals surface area contributed by atoms with Crippen LogP contribution in [0.4, 0.5) is 11.4 Å². The number of benzene rings is 2. The van der Waals surface area contributed by atoms with Crippen molar-refractivity contribution in [2.45, 2.75) is 31.8 Å². The summed E-state index contributed by atoms with van der Waals surface area (Å²) in [5.74, 6) is 3.41. The number of aliphatic imine (C=N–C) groups is 1. The Kier molecular flexibility index (Phi) is 4.78. The lowest BCUT2D eigenvalue weighted by Gasteiger charge is -2.44. The molecule has 0 radical (unpaired) electrons. The van der Waals surface area contributed by atoms with Crippen molar-refractivity contribution in [2.24, 2.45) is 4.99 Å². The van der Waals surface area contributed by atoms with Crippen molar-refractivity contribution in [1.82, 2.24) is 0 Å². The van der Waals surface area contributed by atoms with Gasteiger partial charge < -0.3 is 10.6 Å². The fraction of sp³-hybridized carbons (Fsp3) is 0.350. The quantitative estimate of drug-likeness (QED) is 0.683. The Morgan fingerprint density at radius 1 is 1.16 bits per heavy atom. The summed E-state index contributed by atoms with van der Waals surface area (Å²) in [6.45, 7) is 2.84. The minimum absolute atomic E-state index is 0.0774. The smallest absolute Gasteiger partial charge is 0.127 e. The number of halogens is 1. The topological polar surface area (TPSA) is 36.4 Å².